The Morgan fingerprint density at radius 1 is 1.08 bits per heavy atom. The van der Waals surface area contributed by atoms with Crippen molar-refractivity contribution in [3.63, 3.8) is 0 Å². The second-order valence-corrected chi connectivity index (χ2v) is 6.19. The number of esters is 1. The molecule has 0 aliphatic heterocycles. The van der Waals surface area contributed by atoms with Gasteiger partial charge in [-0.2, -0.15) is 0 Å². The van der Waals surface area contributed by atoms with Gasteiger partial charge in [-0.05, 0) is 38.5 Å². The highest BCUT2D eigenvalue weighted by Gasteiger charge is 2.34. The van der Waals surface area contributed by atoms with Crippen LogP contribution in [0, 0.1) is 0 Å². The average Bonchev–Trinajstić information content (AvgIpc) is 2.55. The smallest absolute Gasteiger partial charge is 0.321 e. The number of rotatable bonds is 5. The number of nitrogens with zero attached hydrogens (tertiary/aromatic N) is 2. The zero-order chi connectivity index (χ0) is 17.7. The van der Waals surface area contributed by atoms with Gasteiger partial charge in [0.05, 0.1) is 13.3 Å². The van der Waals surface area contributed by atoms with E-state index in [1.54, 1.807) is 52.1 Å². The molecule has 1 aromatic carbocycles. The lowest BCUT2D eigenvalue weighted by atomic mass is 9.92. The topological polar surface area (TPSA) is 78.4 Å². The highest BCUT2D eigenvalue weighted by atomic mass is 16.6. The Morgan fingerprint density at radius 3 is 2.25 bits per heavy atom. The quantitative estimate of drug-likeness (QED) is 0.477. The van der Waals surface area contributed by atoms with Gasteiger partial charge in [0.25, 0.3) is 0 Å². The number of Topliss-reactive ketones (excluding diaryl/α,β-unsaturated/α-hetero) is 1. The van der Waals surface area contributed by atoms with Crippen LogP contribution < -0.4 is 4.74 Å². The molecule has 0 saturated heterocycles. The van der Waals surface area contributed by atoms with Gasteiger partial charge >= 0.3 is 5.97 Å². The lowest BCUT2D eigenvalue weighted by molar-refractivity contribution is -0.155. The fourth-order valence-electron chi connectivity index (χ4n) is 2.13. The van der Waals surface area contributed by atoms with E-state index in [0.717, 1.165) is 0 Å². The van der Waals surface area contributed by atoms with E-state index in [2.05, 4.69) is 9.97 Å². The molecule has 126 valence electrons. The summed E-state index contributed by atoms with van der Waals surface area (Å²) in [5.41, 5.74) is -0.0744. The molecule has 6 nitrogen and oxygen atoms in total. The molecule has 0 N–H and O–H groups in total. The molecule has 1 heterocycles. The van der Waals surface area contributed by atoms with Crippen molar-refractivity contribution in [3.8, 4) is 5.75 Å². The van der Waals surface area contributed by atoms with Gasteiger partial charge in [-0.15, -0.1) is 0 Å². The molecule has 1 atom stereocenters. The average molecular weight is 328 g/mol. The van der Waals surface area contributed by atoms with Crippen LogP contribution in [0.5, 0.6) is 5.75 Å². The molecule has 0 bridgehead atoms. The molecule has 24 heavy (non-hydrogen) atoms. The number of aromatic nitrogens is 2. The molecule has 6 heteroatoms. The Hall–Kier alpha value is -2.76. The number of ether oxygens (including phenoxy) is 2. The molecule has 0 aliphatic rings. The lowest BCUT2D eigenvalue weighted by Gasteiger charge is -2.23. The van der Waals surface area contributed by atoms with Crippen LogP contribution in [-0.4, -0.2) is 34.4 Å². The predicted molar refractivity (Wildman–Crippen MR) is 87.9 cm³/mol. The molecule has 0 aliphatic carbocycles. The number of benzene rings is 1. The van der Waals surface area contributed by atoms with Crippen LogP contribution in [0.2, 0.25) is 0 Å². The Kier molecular flexibility index (Phi) is 5.28. The number of carbonyl (C=O) groups is 2. The van der Waals surface area contributed by atoms with Crippen molar-refractivity contribution in [1.82, 2.24) is 9.97 Å². The Bertz CT molecular complexity index is 706. The molecule has 0 saturated carbocycles. The fraction of sp³-hybridized carbons (Fsp3) is 0.333. The summed E-state index contributed by atoms with van der Waals surface area (Å²) in [6.45, 7) is 5.26. The summed E-state index contributed by atoms with van der Waals surface area (Å²) in [4.78, 5) is 33.3. The van der Waals surface area contributed by atoms with Crippen LogP contribution in [0.1, 0.15) is 42.7 Å². The minimum absolute atomic E-state index is 0.115. The van der Waals surface area contributed by atoms with Crippen LogP contribution in [0.3, 0.4) is 0 Å². The summed E-state index contributed by atoms with van der Waals surface area (Å²) in [6, 6.07) is 6.72. The summed E-state index contributed by atoms with van der Waals surface area (Å²) in [7, 11) is 1.55. The van der Waals surface area contributed by atoms with Gasteiger partial charge in [0.15, 0.2) is 0 Å². The van der Waals surface area contributed by atoms with Crippen LogP contribution in [0.4, 0.5) is 0 Å². The van der Waals surface area contributed by atoms with Gasteiger partial charge in [-0.3, -0.25) is 14.6 Å². The molecule has 0 fully saturated rings. The van der Waals surface area contributed by atoms with Crippen molar-refractivity contribution in [2.24, 2.45) is 0 Å². The van der Waals surface area contributed by atoms with E-state index >= 15 is 0 Å². The second-order valence-electron chi connectivity index (χ2n) is 6.19. The SMILES string of the molecule is COc1ccc(C(C(=O)OC(C)(C)C)C(=O)c2cnccn2)cc1. The Morgan fingerprint density at radius 2 is 1.75 bits per heavy atom. The van der Waals surface area contributed by atoms with E-state index in [-0.39, 0.29) is 5.69 Å². The molecular weight excluding hydrogens is 308 g/mol. The first kappa shape index (κ1) is 17.6. The van der Waals surface area contributed by atoms with E-state index in [9.17, 15) is 9.59 Å². The van der Waals surface area contributed by atoms with Crippen molar-refractivity contribution >= 4 is 11.8 Å². The van der Waals surface area contributed by atoms with Gasteiger partial charge in [-0.25, -0.2) is 4.98 Å². The standard InChI is InChI=1S/C18H20N2O4/c1-18(2,3)24-17(22)15(12-5-7-13(23-4)8-6-12)16(21)14-11-19-9-10-20-14/h5-11,15H,1-4H3. The summed E-state index contributed by atoms with van der Waals surface area (Å²) in [5.74, 6) is -1.55. The van der Waals surface area contributed by atoms with Crippen LogP contribution in [0.25, 0.3) is 0 Å². The zero-order valence-corrected chi connectivity index (χ0v) is 14.1. The molecule has 0 radical (unpaired) electrons. The number of ketones is 1. The van der Waals surface area contributed by atoms with Crippen LogP contribution in [0.15, 0.2) is 42.9 Å². The van der Waals surface area contributed by atoms with Gasteiger partial charge in [-0.1, -0.05) is 12.1 Å². The summed E-state index contributed by atoms with van der Waals surface area (Å²) in [6.07, 6.45) is 4.21. The second kappa shape index (κ2) is 7.21. The zero-order valence-electron chi connectivity index (χ0n) is 14.1. The highest BCUT2D eigenvalue weighted by molar-refractivity contribution is 6.12. The largest absolute Gasteiger partial charge is 0.497 e. The fourth-order valence-corrected chi connectivity index (χ4v) is 2.13. The number of carbonyl (C=O) groups excluding carboxylic acids is 2. The van der Waals surface area contributed by atoms with Crippen molar-refractivity contribution in [1.29, 1.82) is 0 Å². The third-order valence-electron chi connectivity index (χ3n) is 3.17. The van der Waals surface area contributed by atoms with Gasteiger partial charge in [0.1, 0.15) is 23.0 Å². The van der Waals surface area contributed by atoms with E-state index in [1.807, 2.05) is 0 Å². The summed E-state index contributed by atoms with van der Waals surface area (Å²) in [5, 5.41) is 0. The first-order valence-electron chi connectivity index (χ1n) is 7.49. The molecule has 0 amide bonds. The number of hydrogen-bond acceptors (Lipinski definition) is 6. The third kappa shape index (κ3) is 4.38. The maximum absolute atomic E-state index is 12.8. The molecular formula is C18H20N2O4. The first-order valence-corrected chi connectivity index (χ1v) is 7.49. The van der Waals surface area contributed by atoms with Crippen molar-refractivity contribution in [2.75, 3.05) is 7.11 Å². The highest BCUT2D eigenvalue weighted by Crippen LogP contribution is 2.26. The van der Waals surface area contributed by atoms with Gasteiger partial charge < -0.3 is 9.47 Å². The van der Waals surface area contributed by atoms with Crippen molar-refractivity contribution in [2.45, 2.75) is 32.3 Å². The van der Waals surface area contributed by atoms with Gasteiger partial charge in [0.2, 0.25) is 5.78 Å². The van der Waals surface area contributed by atoms with Crippen molar-refractivity contribution in [3.05, 3.63) is 54.1 Å². The van der Waals surface area contributed by atoms with E-state index in [1.165, 1.54) is 18.6 Å². The van der Waals surface area contributed by atoms with Crippen molar-refractivity contribution < 1.29 is 19.1 Å². The number of hydrogen-bond donors (Lipinski definition) is 0. The molecule has 2 aromatic rings. The van der Waals surface area contributed by atoms with E-state index in [0.29, 0.717) is 11.3 Å². The van der Waals surface area contributed by atoms with E-state index < -0.39 is 23.3 Å². The molecule has 1 aromatic heterocycles. The lowest BCUT2D eigenvalue weighted by Crippen LogP contribution is -2.32. The third-order valence-corrected chi connectivity index (χ3v) is 3.17. The minimum Gasteiger partial charge on any atom is -0.497 e. The minimum atomic E-state index is -1.10. The Labute approximate surface area is 140 Å². The molecule has 0 spiro atoms. The Balaban J connectivity index is 2.40. The number of methoxy groups -OCH3 is 1. The maximum atomic E-state index is 12.8. The summed E-state index contributed by atoms with van der Waals surface area (Å²) < 4.78 is 10.5. The summed E-state index contributed by atoms with van der Waals surface area (Å²) >= 11 is 0. The van der Waals surface area contributed by atoms with E-state index in [4.69, 9.17) is 9.47 Å². The molecule has 2 rings (SSSR count). The van der Waals surface area contributed by atoms with Crippen LogP contribution in [-0.2, 0) is 9.53 Å². The maximum Gasteiger partial charge on any atom is 0.321 e. The monoisotopic (exact) mass is 328 g/mol. The first-order chi connectivity index (χ1) is 11.3. The molecule has 1 unspecified atom stereocenters. The van der Waals surface area contributed by atoms with Crippen LogP contribution >= 0.6 is 0 Å². The predicted octanol–water partition coefficient (Wildman–Crippen LogP) is 2.79. The van der Waals surface area contributed by atoms with Gasteiger partial charge in [0, 0.05) is 12.4 Å². The normalized spacial score (nSPS) is 12.3.